The summed E-state index contributed by atoms with van der Waals surface area (Å²) in [4.78, 5) is 17.7. The number of hydrogen-bond acceptors (Lipinski definition) is 4. The molecule has 2 atom stereocenters. The van der Waals surface area contributed by atoms with E-state index >= 15 is 0 Å². The molecule has 4 rings (SSSR count). The van der Waals surface area contributed by atoms with E-state index in [1.54, 1.807) is 47.4 Å². The number of fused-ring (bicyclic) bond motifs is 1. The molecule has 1 N–H and O–H groups in total. The number of azide groups is 1. The summed E-state index contributed by atoms with van der Waals surface area (Å²) >= 11 is 12.2. The van der Waals surface area contributed by atoms with Crippen LogP contribution >= 0.6 is 23.2 Å². The van der Waals surface area contributed by atoms with Crippen molar-refractivity contribution in [3.63, 3.8) is 0 Å². The van der Waals surface area contributed by atoms with E-state index in [-0.39, 0.29) is 30.2 Å². The molecule has 9 heteroatoms. The van der Waals surface area contributed by atoms with Crippen molar-refractivity contribution in [1.29, 1.82) is 5.26 Å². The molecule has 1 fully saturated rings. The average Bonchev–Trinajstić information content (AvgIpc) is 3.15. The lowest BCUT2D eigenvalue weighted by molar-refractivity contribution is -0.126. The Balaban J connectivity index is 1.83. The standard InChI is InChI=1S/C21H15Cl2N5O2/c22-15-5-14(6-16(23)7-15)18-19(29)21(8-12-1-3-13(10-24)4-2-12)9-17(26-27-25)11-28(21)20(18)30/h1-7,17,29H,8-9,11H2/t17-,21-/m0/s1. The topological polar surface area (TPSA) is 113 Å². The molecule has 0 saturated carbocycles. The van der Waals surface area contributed by atoms with Crippen LogP contribution in [0.1, 0.15) is 23.1 Å². The van der Waals surface area contributed by atoms with Gasteiger partial charge >= 0.3 is 0 Å². The lowest BCUT2D eigenvalue weighted by atomic mass is 9.85. The van der Waals surface area contributed by atoms with Crippen LogP contribution in [0.5, 0.6) is 0 Å². The lowest BCUT2D eigenvalue weighted by Gasteiger charge is -2.32. The van der Waals surface area contributed by atoms with Gasteiger partial charge in [0.05, 0.1) is 23.2 Å². The summed E-state index contributed by atoms with van der Waals surface area (Å²) in [5.74, 6) is -0.457. The molecule has 0 unspecified atom stereocenters. The Labute approximate surface area is 182 Å². The molecule has 0 bridgehead atoms. The highest BCUT2D eigenvalue weighted by Gasteiger charge is 2.57. The molecule has 0 radical (unpaired) electrons. The van der Waals surface area contributed by atoms with Gasteiger partial charge in [-0.1, -0.05) is 40.4 Å². The van der Waals surface area contributed by atoms with Gasteiger partial charge in [0.15, 0.2) is 0 Å². The van der Waals surface area contributed by atoms with Crippen molar-refractivity contribution in [2.75, 3.05) is 6.54 Å². The Morgan fingerprint density at radius 2 is 1.93 bits per heavy atom. The maximum atomic E-state index is 13.3. The van der Waals surface area contributed by atoms with Crippen LogP contribution < -0.4 is 0 Å². The lowest BCUT2D eigenvalue weighted by Crippen LogP contribution is -2.45. The second-order valence-electron chi connectivity index (χ2n) is 7.38. The fourth-order valence-electron chi connectivity index (χ4n) is 4.32. The van der Waals surface area contributed by atoms with Crippen molar-refractivity contribution in [3.05, 3.63) is 85.4 Å². The van der Waals surface area contributed by atoms with Crippen LogP contribution in [0.4, 0.5) is 0 Å². The Bertz CT molecular complexity index is 1140. The minimum absolute atomic E-state index is 0.0918. The molecule has 2 aromatic rings. The van der Waals surface area contributed by atoms with Crippen LogP contribution in [0.2, 0.25) is 10.0 Å². The highest BCUT2D eigenvalue weighted by atomic mass is 35.5. The van der Waals surface area contributed by atoms with Gasteiger partial charge in [-0.25, -0.2) is 0 Å². The van der Waals surface area contributed by atoms with Gasteiger partial charge < -0.3 is 10.0 Å². The van der Waals surface area contributed by atoms with Crippen molar-refractivity contribution in [3.8, 4) is 6.07 Å². The first-order valence-corrected chi connectivity index (χ1v) is 9.89. The van der Waals surface area contributed by atoms with Crippen molar-refractivity contribution in [2.24, 2.45) is 5.11 Å². The minimum Gasteiger partial charge on any atom is -0.509 e. The summed E-state index contributed by atoms with van der Waals surface area (Å²) < 4.78 is 0. The van der Waals surface area contributed by atoms with E-state index in [0.29, 0.717) is 27.6 Å². The number of carbonyl (C=O) groups is 1. The van der Waals surface area contributed by atoms with Gasteiger partial charge in [0, 0.05) is 27.9 Å². The molecule has 2 heterocycles. The number of aliphatic hydroxyl groups is 1. The number of nitriles is 1. The van der Waals surface area contributed by atoms with Gasteiger partial charge in [-0.05, 0) is 53.4 Å². The summed E-state index contributed by atoms with van der Waals surface area (Å²) in [6, 6.07) is 13.3. The van der Waals surface area contributed by atoms with E-state index in [1.807, 2.05) is 0 Å². The van der Waals surface area contributed by atoms with Crippen LogP contribution in [0.15, 0.2) is 53.3 Å². The van der Waals surface area contributed by atoms with Crippen molar-refractivity contribution in [2.45, 2.75) is 24.4 Å². The van der Waals surface area contributed by atoms with Gasteiger partial charge in [-0.3, -0.25) is 4.79 Å². The monoisotopic (exact) mass is 439 g/mol. The normalized spacial score (nSPS) is 22.6. The second kappa shape index (κ2) is 7.58. The Morgan fingerprint density at radius 1 is 1.27 bits per heavy atom. The van der Waals surface area contributed by atoms with Crippen LogP contribution in [0.25, 0.3) is 16.0 Å². The van der Waals surface area contributed by atoms with Crippen LogP contribution in [0.3, 0.4) is 0 Å². The molecule has 30 heavy (non-hydrogen) atoms. The molecular weight excluding hydrogens is 425 g/mol. The van der Waals surface area contributed by atoms with E-state index in [4.69, 9.17) is 34.0 Å². The number of hydrogen-bond donors (Lipinski definition) is 1. The third-order valence-electron chi connectivity index (χ3n) is 5.57. The third kappa shape index (κ3) is 3.25. The first-order valence-electron chi connectivity index (χ1n) is 9.13. The summed E-state index contributed by atoms with van der Waals surface area (Å²) in [5, 5.41) is 24.8. The first-order chi connectivity index (χ1) is 14.4. The summed E-state index contributed by atoms with van der Waals surface area (Å²) in [7, 11) is 0. The van der Waals surface area contributed by atoms with E-state index in [9.17, 15) is 9.90 Å². The molecule has 0 aromatic heterocycles. The highest BCUT2D eigenvalue weighted by molar-refractivity contribution is 6.35. The van der Waals surface area contributed by atoms with Crippen molar-refractivity contribution in [1.82, 2.24) is 4.90 Å². The maximum absolute atomic E-state index is 13.3. The van der Waals surface area contributed by atoms with Crippen molar-refractivity contribution >= 4 is 34.7 Å². The smallest absolute Gasteiger partial charge is 0.258 e. The molecule has 0 aliphatic carbocycles. The maximum Gasteiger partial charge on any atom is 0.258 e. The summed E-state index contributed by atoms with van der Waals surface area (Å²) in [6.07, 6.45) is 0.595. The zero-order chi connectivity index (χ0) is 21.5. The fourth-order valence-corrected chi connectivity index (χ4v) is 4.84. The molecule has 0 spiro atoms. The number of halogens is 2. The summed E-state index contributed by atoms with van der Waals surface area (Å²) in [5.41, 5.74) is 9.75. The zero-order valence-electron chi connectivity index (χ0n) is 15.6. The van der Waals surface area contributed by atoms with Crippen LogP contribution in [0, 0.1) is 11.3 Å². The quantitative estimate of drug-likeness (QED) is 0.408. The Kier molecular flexibility index (Phi) is 5.08. The van der Waals surface area contributed by atoms with Gasteiger partial charge in [-0.15, -0.1) is 0 Å². The van der Waals surface area contributed by atoms with Crippen LogP contribution in [-0.2, 0) is 11.2 Å². The molecule has 2 aromatic carbocycles. The Morgan fingerprint density at radius 3 is 2.53 bits per heavy atom. The summed E-state index contributed by atoms with van der Waals surface area (Å²) in [6.45, 7) is 0.195. The van der Waals surface area contributed by atoms with E-state index < -0.39 is 11.6 Å². The molecular formula is C21H15Cl2N5O2. The predicted octanol–water partition coefficient (Wildman–Crippen LogP) is 5.04. The zero-order valence-corrected chi connectivity index (χ0v) is 17.1. The molecule has 2 aliphatic rings. The first kappa shape index (κ1) is 20.1. The van der Waals surface area contributed by atoms with Crippen LogP contribution in [-0.4, -0.2) is 34.0 Å². The second-order valence-corrected chi connectivity index (χ2v) is 8.25. The third-order valence-corrected chi connectivity index (χ3v) is 6.00. The molecule has 1 amide bonds. The number of aliphatic hydroxyl groups excluding tert-OH is 1. The number of amides is 1. The number of nitrogens with zero attached hydrogens (tertiary/aromatic N) is 5. The van der Waals surface area contributed by atoms with E-state index in [1.165, 1.54) is 0 Å². The average molecular weight is 440 g/mol. The number of benzene rings is 2. The predicted molar refractivity (Wildman–Crippen MR) is 113 cm³/mol. The SMILES string of the molecule is N#Cc1ccc(C[C@@]23C[C@H](N=[N+]=[N-])CN2C(=O)C(c2cc(Cl)cc(Cl)c2)=C3O)cc1. The van der Waals surface area contributed by atoms with Gasteiger partial charge in [0.2, 0.25) is 0 Å². The van der Waals surface area contributed by atoms with Gasteiger partial charge in [0.1, 0.15) is 11.3 Å². The molecule has 2 aliphatic heterocycles. The highest BCUT2D eigenvalue weighted by Crippen LogP contribution is 2.48. The number of carbonyl (C=O) groups excluding carboxylic acids is 1. The molecule has 1 saturated heterocycles. The molecule has 7 nitrogen and oxygen atoms in total. The van der Waals surface area contributed by atoms with Crippen molar-refractivity contribution < 1.29 is 9.90 Å². The Hall–Kier alpha value is -3.17. The van der Waals surface area contributed by atoms with Gasteiger partial charge in [0.25, 0.3) is 5.91 Å². The minimum atomic E-state index is -1.05. The fraction of sp³-hybridized carbons (Fsp3) is 0.238. The number of rotatable bonds is 4. The van der Waals surface area contributed by atoms with Gasteiger partial charge in [-0.2, -0.15) is 5.26 Å². The van der Waals surface area contributed by atoms with E-state index in [2.05, 4.69) is 16.1 Å². The largest absolute Gasteiger partial charge is 0.509 e. The molecule has 150 valence electrons. The van der Waals surface area contributed by atoms with E-state index in [0.717, 1.165) is 5.56 Å².